The van der Waals surface area contributed by atoms with E-state index in [1.165, 1.54) is 23.5 Å². The minimum atomic E-state index is -0.747. The smallest absolute Gasteiger partial charge is 0.270 e. The molecule has 132 valence electrons. The molecule has 1 aromatic heterocycles. The van der Waals surface area contributed by atoms with E-state index in [0.29, 0.717) is 16.6 Å². The van der Waals surface area contributed by atoms with E-state index >= 15 is 0 Å². The van der Waals surface area contributed by atoms with Gasteiger partial charge in [-0.2, -0.15) is 0 Å². The number of carbonyl (C=O) groups is 1. The van der Waals surface area contributed by atoms with Crippen LogP contribution in [0.5, 0.6) is 11.5 Å². The quantitative estimate of drug-likeness (QED) is 0.756. The number of hydrogen-bond donors (Lipinski definition) is 1. The molecule has 1 aliphatic rings. The maximum atomic E-state index is 13.1. The lowest BCUT2D eigenvalue weighted by atomic mass is 10.1. The predicted octanol–water partition coefficient (Wildman–Crippen LogP) is 4.04. The number of fused-ring (bicyclic) bond motifs is 1. The van der Waals surface area contributed by atoms with Crippen molar-refractivity contribution in [1.29, 1.82) is 0 Å². The van der Waals surface area contributed by atoms with Crippen molar-refractivity contribution in [3.63, 3.8) is 0 Å². The Hall–Kier alpha value is -2.93. The highest BCUT2D eigenvalue weighted by Crippen LogP contribution is 2.33. The molecule has 0 saturated carbocycles. The van der Waals surface area contributed by atoms with E-state index in [1.807, 2.05) is 19.1 Å². The maximum Gasteiger partial charge on any atom is 0.270 e. The molecule has 0 fully saturated rings. The second-order valence-electron chi connectivity index (χ2n) is 5.78. The molecule has 3 aromatic rings. The molecule has 0 saturated heterocycles. The summed E-state index contributed by atoms with van der Waals surface area (Å²) >= 11 is 1.36. The molecule has 4 rings (SSSR count). The van der Waals surface area contributed by atoms with E-state index in [4.69, 9.17) is 9.47 Å². The van der Waals surface area contributed by atoms with Gasteiger partial charge in [-0.05, 0) is 43.3 Å². The van der Waals surface area contributed by atoms with Gasteiger partial charge in [-0.25, -0.2) is 9.37 Å². The van der Waals surface area contributed by atoms with E-state index in [-0.39, 0.29) is 18.3 Å². The number of halogens is 1. The Morgan fingerprint density at radius 2 is 1.92 bits per heavy atom. The first-order valence-corrected chi connectivity index (χ1v) is 8.84. The van der Waals surface area contributed by atoms with Crippen molar-refractivity contribution >= 4 is 22.4 Å². The first-order chi connectivity index (χ1) is 12.6. The summed E-state index contributed by atoms with van der Waals surface area (Å²) in [6.45, 7) is 2.04. The van der Waals surface area contributed by atoms with Gasteiger partial charge in [0.1, 0.15) is 12.4 Å². The molecule has 1 aliphatic heterocycles. The van der Waals surface area contributed by atoms with Crippen molar-refractivity contribution in [2.45, 2.75) is 13.0 Å². The number of nitrogens with one attached hydrogen (secondary N) is 1. The maximum absolute atomic E-state index is 13.1. The lowest BCUT2D eigenvalue weighted by Crippen LogP contribution is -2.40. The Morgan fingerprint density at radius 1 is 1.19 bits per heavy atom. The Bertz CT molecular complexity index is 956. The van der Waals surface area contributed by atoms with Crippen molar-refractivity contribution in [3.05, 3.63) is 59.2 Å². The molecule has 1 atom stereocenters. The summed E-state index contributed by atoms with van der Waals surface area (Å²) in [7, 11) is 0. The van der Waals surface area contributed by atoms with E-state index in [0.717, 1.165) is 16.1 Å². The third-order valence-corrected chi connectivity index (χ3v) is 4.83. The lowest BCUT2D eigenvalue weighted by molar-refractivity contribution is -0.125. The van der Waals surface area contributed by atoms with Gasteiger partial charge in [0.15, 0.2) is 16.6 Å². The first kappa shape index (κ1) is 16.5. The molecule has 1 amide bonds. The molecule has 5 nitrogen and oxygen atoms in total. The monoisotopic (exact) mass is 370 g/mol. The van der Waals surface area contributed by atoms with Crippen LogP contribution >= 0.6 is 11.3 Å². The van der Waals surface area contributed by atoms with Crippen LogP contribution in [0.1, 0.15) is 4.88 Å². The number of benzene rings is 2. The molecular formula is C19H15FN2O3S. The van der Waals surface area contributed by atoms with Crippen molar-refractivity contribution < 1.29 is 18.7 Å². The minimum Gasteiger partial charge on any atom is -0.485 e. The highest BCUT2D eigenvalue weighted by molar-refractivity contribution is 7.16. The van der Waals surface area contributed by atoms with Crippen LogP contribution < -0.4 is 14.8 Å². The average Bonchev–Trinajstić information content (AvgIpc) is 3.02. The first-order valence-electron chi connectivity index (χ1n) is 8.03. The standard InChI is InChI=1S/C19H15FN2O3S/c1-11-17(12-6-8-13(20)9-7-12)21-19(26-11)22-18(23)16-10-24-14-4-2-3-5-15(14)25-16/h2-9,16H,10H2,1H3,(H,21,22,23)/t16-/m0/s1. The third-order valence-electron chi connectivity index (χ3n) is 3.95. The normalized spacial score (nSPS) is 15.5. The fourth-order valence-electron chi connectivity index (χ4n) is 2.66. The van der Waals surface area contributed by atoms with E-state index in [1.54, 1.807) is 24.3 Å². The van der Waals surface area contributed by atoms with E-state index < -0.39 is 6.10 Å². The minimum absolute atomic E-state index is 0.137. The number of ether oxygens (including phenoxy) is 2. The molecule has 2 heterocycles. The number of anilines is 1. The van der Waals surface area contributed by atoms with Crippen molar-refractivity contribution in [3.8, 4) is 22.8 Å². The van der Waals surface area contributed by atoms with Gasteiger partial charge in [0.25, 0.3) is 5.91 Å². The number of aryl methyl sites for hydroxylation is 1. The SMILES string of the molecule is Cc1sc(NC(=O)[C@@H]2COc3ccccc3O2)nc1-c1ccc(F)cc1. The molecule has 7 heteroatoms. The average molecular weight is 370 g/mol. The van der Waals surface area contributed by atoms with Crippen LogP contribution in [0.3, 0.4) is 0 Å². The Morgan fingerprint density at radius 3 is 2.69 bits per heavy atom. The summed E-state index contributed by atoms with van der Waals surface area (Å²) in [5.41, 5.74) is 1.52. The third kappa shape index (κ3) is 3.25. The Balaban J connectivity index is 1.49. The van der Waals surface area contributed by atoms with Crippen molar-refractivity contribution in [2.75, 3.05) is 11.9 Å². The van der Waals surface area contributed by atoms with Crippen LogP contribution in [-0.2, 0) is 4.79 Å². The highest BCUT2D eigenvalue weighted by Gasteiger charge is 2.28. The molecule has 0 radical (unpaired) electrons. The molecule has 0 unspecified atom stereocenters. The number of nitrogens with zero attached hydrogens (tertiary/aromatic N) is 1. The molecule has 1 N–H and O–H groups in total. The lowest BCUT2D eigenvalue weighted by Gasteiger charge is -2.25. The number of hydrogen-bond acceptors (Lipinski definition) is 5. The zero-order chi connectivity index (χ0) is 18.1. The van der Waals surface area contributed by atoms with Crippen LogP contribution in [0.25, 0.3) is 11.3 Å². The zero-order valence-electron chi connectivity index (χ0n) is 13.9. The number of para-hydroxylation sites is 2. The van der Waals surface area contributed by atoms with Gasteiger partial charge in [-0.15, -0.1) is 11.3 Å². The summed E-state index contributed by atoms with van der Waals surface area (Å²) in [6.07, 6.45) is -0.747. The van der Waals surface area contributed by atoms with Gasteiger partial charge >= 0.3 is 0 Å². The summed E-state index contributed by atoms with van der Waals surface area (Å²) in [4.78, 5) is 17.9. The van der Waals surface area contributed by atoms with Gasteiger partial charge in [-0.1, -0.05) is 12.1 Å². The van der Waals surface area contributed by atoms with Gasteiger partial charge in [-0.3, -0.25) is 10.1 Å². The van der Waals surface area contributed by atoms with Crippen LogP contribution in [0.15, 0.2) is 48.5 Å². The number of thiazole rings is 1. The second kappa shape index (κ2) is 6.76. The van der Waals surface area contributed by atoms with Gasteiger partial charge in [0, 0.05) is 10.4 Å². The topological polar surface area (TPSA) is 60.5 Å². The van der Waals surface area contributed by atoms with Gasteiger partial charge in [0.2, 0.25) is 6.10 Å². The van der Waals surface area contributed by atoms with Gasteiger partial charge < -0.3 is 9.47 Å². The molecule has 0 spiro atoms. The second-order valence-corrected chi connectivity index (χ2v) is 6.99. The molecule has 26 heavy (non-hydrogen) atoms. The number of amides is 1. The van der Waals surface area contributed by atoms with Gasteiger partial charge in [0.05, 0.1) is 5.69 Å². The van der Waals surface area contributed by atoms with Crippen LogP contribution in [0.2, 0.25) is 0 Å². The number of rotatable bonds is 3. The van der Waals surface area contributed by atoms with Crippen LogP contribution in [0, 0.1) is 12.7 Å². The fourth-order valence-corrected chi connectivity index (χ4v) is 3.50. The van der Waals surface area contributed by atoms with Crippen molar-refractivity contribution in [1.82, 2.24) is 4.98 Å². The number of aromatic nitrogens is 1. The zero-order valence-corrected chi connectivity index (χ0v) is 14.7. The Labute approximate surface area is 153 Å². The molecule has 0 bridgehead atoms. The van der Waals surface area contributed by atoms with E-state index in [2.05, 4.69) is 10.3 Å². The van der Waals surface area contributed by atoms with Crippen molar-refractivity contribution in [2.24, 2.45) is 0 Å². The summed E-state index contributed by atoms with van der Waals surface area (Å²) < 4.78 is 24.4. The van der Waals surface area contributed by atoms with Crippen LogP contribution in [0.4, 0.5) is 9.52 Å². The largest absolute Gasteiger partial charge is 0.485 e. The summed E-state index contributed by atoms with van der Waals surface area (Å²) in [5.74, 6) is 0.547. The van der Waals surface area contributed by atoms with E-state index in [9.17, 15) is 9.18 Å². The summed E-state index contributed by atoms with van der Waals surface area (Å²) in [6, 6.07) is 13.3. The molecular weight excluding hydrogens is 355 g/mol. The Kier molecular flexibility index (Phi) is 4.30. The number of carbonyl (C=O) groups excluding carboxylic acids is 1. The summed E-state index contributed by atoms with van der Waals surface area (Å²) in [5, 5.41) is 3.24. The molecule has 2 aromatic carbocycles. The molecule has 0 aliphatic carbocycles. The van der Waals surface area contributed by atoms with Crippen LogP contribution in [-0.4, -0.2) is 23.6 Å². The predicted molar refractivity (Wildman–Crippen MR) is 97.2 cm³/mol. The fraction of sp³-hybridized carbons (Fsp3) is 0.158. The highest BCUT2D eigenvalue weighted by atomic mass is 32.1.